The third kappa shape index (κ3) is 4.43. The number of para-hydroxylation sites is 1. The van der Waals surface area contributed by atoms with E-state index in [-0.39, 0.29) is 5.78 Å². The largest absolute Gasteiger partial charge is 0.385 e. The van der Waals surface area contributed by atoms with Crippen molar-refractivity contribution in [1.82, 2.24) is 0 Å². The average molecular weight is 268 g/mol. The molecule has 0 aliphatic rings. The van der Waals surface area contributed by atoms with Gasteiger partial charge >= 0.3 is 0 Å². The minimum atomic E-state index is 0.0967. The van der Waals surface area contributed by atoms with Gasteiger partial charge in [-0.2, -0.15) is 0 Å². The Morgan fingerprint density at radius 1 is 0.900 bits per heavy atom. The Labute approximate surface area is 120 Å². The van der Waals surface area contributed by atoms with Gasteiger partial charge in [0, 0.05) is 30.0 Å². The van der Waals surface area contributed by atoms with Gasteiger partial charge in [0.15, 0.2) is 5.78 Å². The molecule has 0 spiro atoms. The van der Waals surface area contributed by atoms with Crippen LogP contribution in [0, 0.1) is 0 Å². The molecule has 3 heteroatoms. The molecule has 20 heavy (non-hydrogen) atoms. The third-order valence-corrected chi connectivity index (χ3v) is 3.05. The van der Waals surface area contributed by atoms with Crippen LogP contribution in [0.1, 0.15) is 23.7 Å². The quantitative estimate of drug-likeness (QED) is 0.592. The van der Waals surface area contributed by atoms with Crippen LogP contribution in [0.2, 0.25) is 0 Å². The van der Waals surface area contributed by atoms with Crippen LogP contribution < -0.4 is 10.6 Å². The molecule has 3 nitrogen and oxygen atoms in total. The molecule has 0 radical (unpaired) electrons. The van der Waals surface area contributed by atoms with Crippen LogP contribution in [0.3, 0.4) is 0 Å². The number of nitrogens with one attached hydrogen (secondary N) is 2. The second-order valence-electron chi connectivity index (χ2n) is 4.71. The lowest BCUT2D eigenvalue weighted by Crippen LogP contribution is -2.09. The average Bonchev–Trinajstić information content (AvgIpc) is 2.48. The molecule has 2 aromatic carbocycles. The van der Waals surface area contributed by atoms with E-state index in [1.165, 1.54) is 0 Å². The van der Waals surface area contributed by atoms with Gasteiger partial charge in [0.2, 0.25) is 0 Å². The van der Waals surface area contributed by atoms with Crippen LogP contribution in [-0.4, -0.2) is 18.9 Å². The fourth-order valence-electron chi connectivity index (χ4n) is 1.96. The first-order chi connectivity index (χ1) is 9.75. The predicted octanol–water partition coefficient (Wildman–Crippen LogP) is 3.80. The Morgan fingerprint density at radius 3 is 2.25 bits per heavy atom. The molecule has 0 saturated carbocycles. The van der Waals surface area contributed by atoms with E-state index < -0.39 is 0 Å². The molecular weight excluding hydrogens is 248 g/mol. The summed E-state index contributed by atoms with van der Waals surface area (Å²) in [5.41, 5.74) is 2.89. The van der Waals surface area contributed by atoms with Gasteiger partial charge < -0.3 is 10.6 Å². The second-order valence-corrected chi connectivity index (χ2v) is 4.71. The lowest BCUT2D eigenvalue weighted by molar-refractivity contribution is 0.101. The number of ketones is 1. The zero-order valence-electron chi connectivity index (χ0n) is 11.7. The van der Waals surface area contributed by atoms with Gasteiger partial charge in [0.1, 0.15) is 0 Å². The molecule has 0 fully saturated rings. The first kappa shape index (κ1) is 14.1. The van der Waals surface area contributed by atoms with Gasteiger partial charge in [-0.05, 0) is 37.6 Å². The Kier molecular flexibility index (Phi) is 5.18. The summed E-state index contributed by atoms with van der Waals surface area (Å²) in [4.78, 5) is 11.3. The molecule has 0 bridgehead atoms. The maximum atomic E-state index is 11.3. The van der Waals surface area contributed by atoms with E-state index >= 15 is 0 Å². The number of hydrogen-bond donors (Lipinski definition) is 2. The highest BCUT2D eigenvalue weighted by Gasteiger charge is 1.99. The Bertz CT molecular complexity index is 552. The van der Waals surface area contributed by atoms with Crippen LogP contribution in [-0.2, 0) is 0 Å². The molecule has 0 amide bonds. The van der Waals surface area contributed by atoms with Crippen molar-refractivity contribution < 1.29 is 4.79 Å². The molecule has 0 atom stereocenters. The van der Waals surface area contributed by atoms with E-state index in [9.17, 15) is 4.79 Å². The van der Waals surface area contributed by atoms with Crippen molar-refractivity contribution in [2.24, 2.45) is 0 Å². The van der Waals surface area contributed by atoms with E-state index in [1.54, 1.807) is 6.92 Å². The van der Waals surface area contributed by atoms with Crippen LogP contribution in [0.4, 0.5) is 11.4 Å². The lowest BCUT2D eigenvalue weighted by Gasteiger charge is -2.09. The van der Waals surface area contributed by atoms with E-state index in [1.807, 2.05) is 42.5 Å². The fourth-order valence-corrected chi connectivity index (χ4v) is 1.96. The van der Waals surface area contributed by atoms with Crippen molar-refractivity contribution in [3.05, 3.63) is 60.2 Å². The van der Waals surface area contributed by atoms with Crippen LogP contribution in [0.15, 0.2) is 54.6 Å². The summed E-state index contributed by atoms with van der Waals surface area (Å²) in [6.07, 6.45) is 1.01. The Balaban J connectivity index is 1.71. The van der Waals surface area contributed by atoms with E-state index in [0.29, 0.717) is 0 Å². The third-order valence-electron chi connectivity index (χ3n) is 3.05. The Morgan fingerprint density at radius 2 is 1.55 bits per heavy atom. The van der Waals surface area contributed by atoms with Gasteiger partial charge in [-0.3, -0.25) is 4.79 Å². The lowest BCUT2D eigenvalue weighted by atomic mass is 10.1. The van der Waals surface area contributed by atoms with Crippen molar-refractivity contribution in [2.75, 3.05) is 23.7 Å². The van der Waals surface area contributed by atoms with Crippen molar-refractivity contribution in [3.63, 3.8) is 0 Å². The van der Waals surface area contributed by atoms with Crippen LogP contribution in [0.25, 0.3) is 0 Å². The molecule has 0 heterocycles. The molecule has 0 aliphatic heterocycles. The van der Waals surface area contributed by atoms with Crippen molar-refractivity contribution in [3.8, 4) is 0 Å². The number of benzene rings is 2. The summed E-state index contributed by atoms with van der Waals surface area (Å²) in [7, 11) is 0. The normalized spacial score (nSPS) is 10.1. The fraction of sp³-hybridized carbons (Fsp3) is 0.235. The highest BCUT2D eigenvalue weighted by molar-refractivity contribution is 5.94. The first-order valence-corrected chi connectivity index (χ1v) is 6.89. The van der Waals surface area contributed by atoms with E-state index in [2.05, 4.69) is 22.8 Å². The number of carbonyl (C=O) groups excluding carboxylic acids is 1. The van der Waals surface area contributed by atoms with Gasteiger partial charge in [-0.15, -0.1) is 0 Å². The summed E-state index contributed by atoms with van der Waals surface area (Å²) in [6.45, 7) is 3.38. The van der Waals surface area contributed by atoms with E-state index in [4.69, 9.17) is 0 Å². The van der Waals surface area contributed by atoms with Gasteiger partial charge in [0.25, 0.3) is 0 Å². The highest BCUT2D eigenvalue weighted by atomic mass is 16.1. The van der Waals surface area contributed by atoms with E-state index in [0.717, 1.165) is 36.4 Å². The summed E-state index contributed by atoms with van der Waals surface area (Å²) in [6, 6.07) is 17.8. The zero-order chi connectivity index (χ0) is 14.2. The van der Waals surface area contributed by atoms with Crippen molar-refractivity contribution in [1.29, 1.82) is 0 Å². The number of anilines is 2. The van der Waals surface area contributed by atoms with Gasteiger partial charge in [-0.1, -0.05) is 30.3 Å². The summed E-state index contributed by atoms with van der Waals surface area (Å²) >= 11 is 0. The van der Waals surface area contributed by atoms with Crippen LogP contribution in [0.5, 0.6) is 0 Å². The minimum Gasteiger partial charge on any atom is -0.385 e. The topological polar surface area (TPSA) is 41.1 Å². The predicted molar refractivity (Wildman–Crippen MR) is 84.5 cm³/mol. The number of hydrogen-bond acceptors (Lipinski definition) is 3. The van der Waals surface area contributed by atoms with Gasteiger partial charge in [-0.25, -0.2) is 0 Å². The summed E-state index contributed by atoms with van der Waals surface area (Å²) in [5.74, 6) is 0.0967. The molecule has 0 unspecified atom stereocenters. The molecule has 0 saturated heterocycles. The molecule has 0 aromatic heterocycles. The molecular formula is C17H20N2O. The number of rotatable bonds is 7. The smallest absolute Gasteiger partial charge is 0.159 e. The maximum absolute atomic E-state index is 11.3. The molecule has 2 N–H and O–H groups in total. The standard InChI is InChI=1S/C17H20N2O/c1-14(20)15-7-5-10-17(13-15)19-12-6-11-18-16-8-3-2-4-9-16/h2-5,7-10,13,18-19H,6,11-12H2,1H3. The molecule has 2 rings (SSSR count). The molecule has 0 aliphatic carbocycles. The summed E-state index contributed by atoms with van der Waals surface area (Å²) in [5, 5.41) is 6.70. The monoisotopic (exact) mass is 268 g/mol. The molecule has 2 aromatic rings. The Hall–Kier alpha value is -2.29. The number of carbonyl (C=O) groups is 1. The SMILES string of the molecule is CC(=O)c1cccc(NCCCNc2ccccc2)c1. The van der Waals surface area contributed by atoms with Crippen molar-refractivity contribution in [2.45, 2.75) is 13.3 Å². The highest BCUT2D eigenvalue weighted by Crippen LogP contribution is 2.11. The number of Topliss-reactive ketones (excluding diaryl/α,β-unsaturated/α-hetero) is 1. The van der Waals surface area contributed by atoms with Gasteiger partial charge in [0.05, 0.1) is 0 Å². The summed E-state index contributed by atoms with van der Waals surface area (Å²) < 4.78 is 0. The minimum absolute atomic E-state index is 0.0967. The zero-order valence-corrected chi connectivity index (χ0v) is 11.7. The maximum Gasteiger partial charge on any atom is 0.159 e. The first-order valence-electron chi connectivity index (χ1n) is 6.89. The van der Waals surface area contributed by atoms with Crippen LogP contribution >= 0.6 is 0 Å². The van der Waals surface area contributed by atoms with Crippen molar-refractivity contribution >= 4 is 17.2 Å². The second kappa shape index (κ2) is 7.34. The molecule has 104 valence electrons.